The number of nitrogens with zero attached hydrogens (tertiary/aromatic N) is 2. The standard InChI is InChI=1S/C12H8N2OS/c16-11-7-2-1-4-8(11)9-5-3-6-10-12(9)13-14-15-10/h1-8H. The van der Waals surface area contributed by atoms with Crippen molar-refractivity contribution in [1.82, 2.24) is 10.4 Å². The normalized spacial score (nSPS) is 19.5. The molecule has 1 atom stereocenters. The molecule has 78 valence electrons. The summed E-state index contributed by atoms with van der Waals surface area (Å²) in [7, 11) is 0. The monoisotopic (exact) mass is 228 g/mol. The van der Waals surface area contributed by atoms with E-state index in [0.29, 0.717) is 5.58 Å². The Bertz CT molecular complexity index is 612. The van der Waals surface area contributed by atoms with E-state index in [1.165, 1.54) is 0 Å². The van der Waals surface area contributed by atoms with Gasteiger partial charge in [0.1, 0.15) is 5.52 Å². The molecule has 0 N–H and O–H groups in total. The molecule has 1 heterocycles. The second-order valence-electron chi connectivity index (χ2n) is 3.59. The lowest BCUT2D eigenvalue weighted by molar-refractivity contribution is 0.424. The van der Waals surface area contributed by atoms with Gasteiger partial charge in [-0.2, -0.15) is 0 Å². The van der Waals surface area contributed by atoms with E-state index >= 15 is 0 Å². The summed E-state index contributed by atoms with van der Waals surface area (Å²) in [5, 5.41) is 7.57. The summed E-state index contributed by atoms with van der Waals surface area (Å²) >= 11 is 5.33. The summed E-state index contributed by atoms with van der Waals surface area (Å²) in [6.07, 6.45) is 7.94. The Balaban J connectivity index is 2.18. The molecule has 0 saturated heterocycles. The average Bonchev–Trinajstić information content (AvgIpc) is 2.77. The molecule has 3 rings (SSSR count). The smallest absolute Gasteiger partial charge is 0.187 e. The molecule has 1 aliphatic carbocycles. The number of hydrogen-bond acceptors (Lipinski definition) is 4. The van der Waals surface area contributed by atoms with Gasteiger partial charge < -0.3 is 4.52 Å². The Morgan fingerprint density at radius 3 is 3.06 bits per heavy atom. The van der Waals surface area contributed by atoms with Crippen molar-refractivity contribution >= 4 is 28.2 Å². The summed E-state index contributed by atoms with van der Waals surface area (Å²) in [6, 6.07) is 5.79. The van der Waals surface area contributed by atoms with Crippen molar-refractivity contribution in [2.45, 2.75) is 5.92 Å². The van der Waals surface area contributed by atoms with Gasteiger partial charge >= 0.3 is 0 Å². The van der Waals surface area contributed by atoms with Gasteiger partial charge in [-0.25, -0.2) is 0 Å². The summed E-state index contributed by atoms with van der Waals surface area (Å²) in [6.45, 7) is 0. The van der Waals surface area contributed by atoms with Crippen LogP contribution < -0.4 is 0 Å². The minimum absolute atomic E-state index is 0.0931. The number of fused-ring (bicyclic) bond motifs is 1. The molecule has 0 aliphatic heterocycles. The zero-order valence-corrected chi connectivity index (χ0v) is 9.15. The maximum atomic E-state index is 5.33. The maximum absolute atomic E-state index is 5.33. The van der Waals surface area contributed by atoms with Crippen molar-refractivity contribution in [3.8, 4) is 0 Å². The average molecular weight is 228 g/mol. The SMILES string of the molecule is S=C1C=CC=CC1c1cccc2onnc12. The first-order valence-corrected chi connectivity index (χ1v) is 5.37. The molecule has 1 unspecified atom stereocenters. The minimum atomic E-state index is 0.0931. The topological polar surface area (TPSA) is 38.9 Å². The molecule has 2 aromatic rings. The summed E-state index contributed by atoms with van der Waals surface area (Å²) < 4.78 is 5.04. The van der Waals surface area contributed by atoms with Gasteiger partial charge in [0.25, 0.3) is 0 Å². The van der Waals surface area contributed by atoms with E-state index in [0.717, 1.165) is 15.9 Å². The van der Waals surface area contributed by atoms with Crippen LogP contribution >= 0.6 is 12.2 Å². The van der Waals surface area contributed by atoms with Crippen LogP contribution in [0.2, 0.25) is 0 Å². The molecule has 1 aliphatic rings. The van der Waals surface area contributed by atoms with Crippen molar-refractivity contribution in [2.75, 3.05) is 0 Å². The number of thiocarbonyl (C=S) groups is 1. The molecular weight excluding hydrogens is 220 g/mol. The molecular formula is C12H8N2OS. The van der Waals surface area contributed by atoms with E-state index < -0.39 is 0 Å². The first-order valence-electron chi connectivity index (χ1n) is 4.96. The molecule has 0 fully saturated rings. The van der Waals surface area contributed by atoms with Crippen LogP contribution in [0.1, 0.15) is 11.5 Å². The fourth-order valence-electron chi connectivity index (χ4n) is 1.86. The lowest BCUT2D eigenvalue weighted by Crippen LogP contribution is -2.08. The zero-order chi connectivity index (χ0) is 11.0. The highest BCUT2D eigenvalue weighted by Gasteiger charge is 2.18. The van der Waals surface area contributed by atoms with Crippen LogP contribution in [-0.2, 0) is 0 Å². The summed E-state index contributed by atoms with van der Waals surface area (Å²) in [5.41, 5.74) is 2.53. The highest BCUT2D eigenvalue weighted by Crippen LogP contribution is 2.28. The van der Waals surface area contributed by atoms with Crippen LogP contribution in [0.15, 0.2) is 47.0 Å². The van der Waals surface area contributed by atoms with Crippen molar-refractivity contribution in [1.29, 1.82) is 0 Å². The van der Waals surface area contributed by atoms with Crippen molar-refractivity contribution < 1.29 is 4.52 Å². The number of allylic oxidation sites excluding steroid dienone is 4. The van der Waals surface area contributed by atoms with Crippen LogP contribution in [0, 0.1) is 0 Å². The summed E-state index contributed by atoms with van der Waals surface area (Å²) in [5.74, 6) is 0.0931. The lowest BCUT2D eigenvalue weighted by atomic mass is 9.91. The molecule has 16 heavy (non-hydrogen) atoms. The Kier molecular flexibility index (Phi) is 2.15. The fraction of sp³-hybridized carbons (Fsp3) is 0.0833. The Morgan fingerprint density at radius 2 is 2.19 bits per heavy atom. The minimum Gasteiger partial charge on any atom is -0.337 e. The van der Waals surface area contributed by atoms with E-state index in [4.69, 9.17) is 16.7 Å². The van der Waals surface area contributed by atoms with E-state index in [-0.39, 0.29) is 5.92 Å². The molecule has 1 aromatic heterocycles. The van der Waals surface area contributed by atoms with Gasteiger partial charge in [-0.3, -0.25) is 0 Å². The van der Waals surface area contributed by atoms with Gasteiger partial charge in [0, 0.05) is 16.1 Å². The molecule has 0 saturated carbocycles. The van der Waals surface area contributed by atoms with Gasteiger partial charge in [0.15, 0.2) is 5.58 Å². The molecule has 0 amide bonds. The van der Waals surface area contributed by atoms with E-state index in [2.05, 4.69) is 16.4 Å². The third-order valence-electron chi connectivity index (χ3n) is 2.63. The third kappa shape index (κ3) is 1.39. The van der Waals surface area contributed by atoms with Gasteiger partial charge in [-0.15, -0.1) is 5.10 Å². The maximum Gasteiger partial charge on any atom is 0.187 e. The van der Waals surface area contributed by atoms with Crippen molar-refractivity contribution in [3.63, 3.8) is 0 Å². The first kappa shape index (κ1) is 9.42. The Labute approximate surface area is 97.4 Å². The number of rotatable bonds is 1. The fourth-order valence-corrected chi connectivity index (χ4v) is 2.14. The predicted octanol–water partition coefficient (Wildman–Crippen LogP) is 2.80. The Morgan fingerprint density at radius 1 is 1.25 bits per heavy atom. The van der Waals surface area contributed by atoms with Crippen LogP contribution in [-0.4, -0.2) is 15.2 Å². The van der Waals surface area contributed by atoms with Crippen LogP contribution in [0.3, 0.4) is 0 Å². The van der Waals surface area contributed by atoms with Crippen molar-refractivity contribution in [2.24, 2.45) is 0 Å². The quantitative estimate of drug-likeness (QED) is 0.703. The lowest BCUT2D eigenvalue weighted by Gasteiger charge is -2.14. The zero-order valence-electron chi connectivity index (χ0n) is 8.33. The van der Waals surface area contributed by atoms with Crippen LogP contribution in [0.5, 0.6) is 0 Å². The number of hydrogen-bond donors (Lipinski definition) is 0. The molecule has 0 bridgehead atoms. The van der Waals surface area contributed by atoms with Gasteiger partial charge in [-0.1, -0.05) is 42.6 Å². The predicted molar refractivity (Wildman–Crippen MR) is 65.4 cm³/mol. The van der Waals surface area contributed by atoms with E-state index in [1.807, 2.05) is 36.4 Å². The van der Waals surface area contributed by atoms with Crippen molar-refractivity contribution in [3.05, 3.63) is 48.1 Å². The molecule has 0 radical (unpaired) electrons. The van der Waals surface area contributed by atoms with E-state index in [9.17, 15) is 0 Å². The van der Waals surface area contributed by atoms with Gasteiger partial charge in [0.05, 0.1) is 0 Å². The second kappa shape index (κ2) is 3.64. The molecule has 0 spiro atoms. The molecule has 1 aromatic carbocycles. The van der Waals surface area contributed by atoms with Crippen LogP contribution in [0.25, 0.3) is 11.1 Å². The third-order valence-corrected chi connectivity index (χ3v) is 3.02. The van der Waals surface area contributed by atoms with Gasteiger partial charge in [-0.05, 0) is 17.7 Å². The van der Waals surface area contributed by atoms with E-state index in [1.54, 1.807) is 0 Å². The highest BCUT2D eigenvalue weighted by atomic mass is 32.1. The molecule has 3 nitrogen and oxygen atoms in total. The number of benzene rings is 1. The highest BCUT2D eigenvalue weighted by molar-refractivity contribution is 7.80. The second-order valence-corrected chi connectivity index (χ2v) is 4.06. The van der Waals surface area contributed by atoms with Gasteiger partial charge in [0.2, 0.25) is 0 Å². The van der Waals surface area contributed by atoms with Crippen LogP contribution in [0.4, 0.5) is 0 Å². The largest absolute Gasteiger partial charge is 0.337 e. The Hall–Kier alpha value is -1.81. The first-order chi connectivity index (χ1) is 7.86. The number of aromatic nitrogens is 2. The summed E-state index contributed by atoms with van der Waals surface area (Å²) in [4.78, 5) is 0.887. The molecule has 4 heteroatoms.